The Morgan fingerprint density at radius 3 is 2.47 bits per heavy atom. The van der Waals surface area contributed by atoms with Crippen LogP contribution in [0.25, 0.3) is 0 Å². The molecular weight excluding hydrogens is 238 g/mol. The van der Waals surface area contributed by atoms with Crippen molar-refractivity contribution in [2.75, 3.05) is 11.0 Å². The number of nitrogens with one attached hydrogen (secondary N) is 1. The summed E-state index contributed by atoms with van der Waals surface area (Å²) in [5, 5.41) is 0. The molecule has 0 spiro atoms. The number of ketones is 1. The molecule has 1 aromatic rings. The van der Waals surface area contributed by atoms with Gasteiger partial charge in [-0.05, 0) is 43.5 Å². The number of benzene rings is 1. The van der Waals surface area contributed by atoms with E-state index in [2.05, 4.69) is 4.72 Å². The van der Waals surface area contributed by atoms with Gasteiger partial charge in [0, 0.05) is 12.1 Å². The van der Waals surface area contributed by atoms with Gasteiger partial charge in [-0.1, -0.05) is 6.07 Å². The zero-order chi connectivity index (χ0) is 13.1. The third-order valence-electron chi connectivity index (χ3n) is 2.39. The average Bonchev–Trinajstić information content (AvgIpc) is 2.13. The zero-order valence-corrected chi connectivity index (χ0v) is 11.1. The maximum atomic E-state index is 11.1. The summed E-state index contributed by atoms with van der Waals surface area (Å²) in [7, 11) is -3.24. The Morgan fingerprint density at radius 2 is 2.00 bits per heavy atom. The molecule has 0 radical (unpaired) electrons. The summed E-state index contributed by atoms with van der Waals surface area (Å²) < 4.78 is 24.5. The minimum absolute atomic E-state index is 0.155. The van der Waals surface area contributed by atoms with Gasteiger partial charge >= 0.3 is 0 Å². The molecule has 0 aromatic heterocycles. The Balaban J connectivity index is 2.83. The van der Waals surface area contributed by atoms with Crippen LogP contribution >= 0.6 is 0 Å². The van der Waals surface area contributed by atoms with E-state index in [9.17, 15) is 13.2 Å². The Hall–Kier alpha value is -1.36. The maximum Gasteiger partial charge on any atom is 0.229 e. The summed E-state index contributed by atoms with van der Waals surface area (Å²) in [6.07, 6.45) is 2.33. The van der Waals surface area contributed by atoms with Crippen LogP contribution in [0.15, 0.2) is 18.2 Å². The van der Waals surface area contributed by atoms with Crippen molar-refractivity contribution >= 4 is 21.5 Å². The molecule has 0 atom stereocenters. The van der Waals surface area contributed by atoms with E-state index in [1.807, 2.05) is 13.0 Å². The summed E-state index contributed by atoms with van der Waals surface area (Å²) in [6.45, 7) is 3.47. The minimum atomic E-state index is -3.24. The van der Waals surface area contributed by atoms with Crippen molar-refractivity contribution in [2.24, 2.45) is 0 Å². The lowest BCUT2D eigenvalue weighted by Crippen LogP contribution is -2.09. The molecule has 0 aliphatic carbocycles. The van der Waals surface area contributed by atoms with Gasteiger partial charge in [-0.25, -0.2) is 8.42 Å². The third kappa shape index (κ3) is 4.99. The Morgan fingerprint density at radius 1 is 1.35 bits per heavy atom. The topological polar surface area (TPSA) is 63.2 Å². The summed E-state index contributed by atoms with van der Waals surface area (Å²) in [4.78, 5) is 10.9. The lowest BCUT2D eigenvalue weighted by Gasteiger charge is -2.08. The van der Waals surface area contributed by atoms with E-state index < -0.39 is 10.0 Å². The third-order valence-corrected chi connectivity index (χ3v) is 3.00. The molecule has 0 fully saturated rings. The maximum absolute atomic E-state index is 11.1. The molecule has 1 rings (SSSR count). The molecule has 0 amide bonds. The number of aryl methyl sites for hydroxylation is 2. The Kier molecular flexibility index (Phi) is 4.28. The second-order valence-corrected chi connectivity index (χ2v) is 5.97. The van der Waals surface area contributed by atoms with Crippen LogP contribution in [0.1, 0.15) is 24.5 Å². The number of rotatable bonds is 5. The van der Waals surface area contributed by atoms with Crippen molar-refractivity contribution in [2.45, 2.75) is 26.7 Å². The highest BCUT2D eigenvalue weighted by molar-refractivity contribution is 7.92. The predicted octanol–water partition coefficient (Wildman–Crippen LogP) is 1.89. The van der Waals surface area contributed by atoms with E-state index in [4.69, 9.17) is 0 Å². The van der Waals surface area contributed by atoms with E-state index in [1.54, 1.807) is 19.1 Å². The molecule has 5 heteroatoms. The molecule has 0 saturated heterocycles. The first-order valence-corrected chi connectivity index (χ1v) is 7.24. The molecule has 4 nitrogen and oxygen atoms in total. The molecular formula is C12H17NO3S. The van der Waals surface area contributed by atoms with Crippen LogP contribution in [0, 0.1) is 6.92 Å². The molecule has 17 heavy (non-hydrogen) atoms. The van der Waals surface area contributed by atoms with Gasteiger partial charge in [0.15, 0.2) is 0 Å². The molecule has 0 aliphatic heterocycles. The van der Waals surface area contributed by atoms with Crippen molar-refractivity contribution < 1.29 is 13.2 Å². The fourth-order valence-corrected chi connectivity index (χ4v) is 2.12. The number of Topliss-reactive ketones (excluding diaryl/α,β-unsaturated/α-hetero) is 1. The first kappa shape index (κ1) is 13.7. The fourth-order valence-electron chi connectivity index (χ4n) is 1.56. The number of carbonyl (C=O) groups excluding carboxylic acids is 1. The Labute approximate surface area is 102 Å². The SMILES string of the molecule is CC(=O)CCc1ccc(NS(C)(=O)=O)cc1C. The van der Waals surface area contributed by atoms with E-state index in [0.29, 0.717) is 18.5 Å². The molecule has 0 saturated carbocycles. The predicted molar refractivity (Wildman–Crippen MR) is 68.6 cm³/mol. The summed E-state index contributed by atoms with van der Waals surface area (Å²) in [5.74, 6) is 0.155. The highest BCUT2D eigenvalue weighted by atomic mass is 32.2. The molecule has 0 bridgehead atoms. The second kappa shape index (κ2) is 5.31. The summed E-state index contributed by atoms with van der Waals surface area (Å²) in [5.41, 5.74) is 2.61. The summed E-state index contributed by atoms with van der Waals surface area (Å²) in [6, 6.07) is 5.34. The first-order valence-electron chi connectivity index (χ1n) is 5.34. The number of hydrogen-bond donors (Lipinski definition) is 1. The van der Waals surface area contributed by atoms with Gasteiger partial charge in [0.25, 0.3) is 0 Å². The minimum Gasteiger partial charge on any atom is -0.300 e. The van der Waals surface area contributed by atoms with E-state index >= 15 is 0 Å². The van der Waals surface area contributed by atoms with Crippen LogP contribution in [0.3, 0.4) is 0 Å². The molecule has 1 aromatic carbocycles. The molecule has 0 unspecified atom stereocenters. The van der Waals surface area contributed by atoms with Gasteiger partial charge in [0.1, 0.15) is 5.78 Å². The monoisotopic (exact) mass is 255 g/mol. The molecule has 0 heterocycles. The van der Waals surface area contributed by atoms with Gasteiger partial charge in [-0.15, -0.1) is 0 Å². The molecule has 0 aliphatic rings. The van der Waals surface area contributed by atoms with Crippen LogP contribution < -0.4 is 4.72 Å². The Bertz CT molecular complexity index is 521. The van der Waals surface area contributed by atoms with Gasteiger partial charge in [0.2, 0.25) is 10.0 Å². The van der Waals surface area contributed by atoms with Gasteiger partial charge in [-0.3, -0.25) is 4.72 Å². The lowest BCUT2D eigenvalue weighted by molar-refractivity contribution is -0.116. The van der Waals surface area contributed by atoms with Crippen molar-refractivity contribution in [3.8, 4) is 0 Å². The smallest absolute Gasteiger partial charge is 0.229 e. The number of carbonyl (C=O) groups is 1. The molecule has 94 valence electrons. The second-order valence-electron chi connectivity index (χ2n) is 4.22. The van der Waals surface area contributed by atoms with Crippen molar-refractivity contribution in [1.82, 2.24) is 0 Å². The zero-order valence-electron chi connectivity index (χ0n) is 10.3. The first-order chi connectivity index (χ1) is 7.78. The number of hydrogen-bond acceptors (Lipinski definition) is 3. The fraction of sp³-hybridized carbons (Fsp3) is 0.417. The highest BCUT2D eigenvalue weighted by Crippen LogP contribution is 2.17. The van der Waals surface area contributed by atoms with Crippen LogP contribution in [0.5, 0.6) is 0 Å². The largest absolute Gasteiger partial charge is 0.300 e. The van der Waals surface area contributed by atoms with Gasteiger partial charge < -0.3 is 4.79 Å². The van der Waals surface area contributed by atoms with Crippen LogP contribution in [0.2, 0.25) is 0 Å². The van der Waals surface area contributed by atoms with Crippen molar-refractivity contribution in [3.63, 3.8) is 0 Å². The van der Waals surface area contributed by atoms with Crippen LogP contribution in [0.4, 0.5) is 5.69 Å². The van der Waals surface area contributed by atoms with Crippen molar-refractivity contribution in [3.05, 3.63) is 29.3 Å². The summed E-state index contributed by atoms with van der Waals surface area (Å²) >= 11 is 0. The highest BCUT2D eigenvalue weighted by Gasteiger charge is 2.05. The van der Waals surface area contributed by atoms with Crippen LogP contribution in [-0.4, -0.2) is 20.5 Å². The van der Waals surface area contributed by atoms with Crippen molar-refractivity contribution in [1.29, 1.82) is 0 Å². The van der Waals surface area contributed by atoms with E-state index in [-0.39, 0.29) is 5.78 Å². The van der Waals surface area contributed by atoms with Gasteiger partial charge in [0.05, 0.1) is 6.26 Å². The standard InChI is InChI=1S/C12H17NO3S/c1-9-8-12(13-17(3,15)16)7-6-11(9)5-4-10(2)14/h6-8,13H,4-5H2,1-3H3. The average molecular weight is 255 g/mol. The van der Waals surface area contributed by atoms with Crippen LogP contribution in [-0.2, 0) is 21.2 Å². The van der Waals surface area contributed by atoms with E-state index in [0.717, 1.165) is 17.4 Å². The lowest BCUT2D eigenvalue weighted by atomic mass is 10.0. The number of sulfonamides is 1. The molecule has 1 N–H and O–H groups in total. The van der Waals surface area contributed by atoms with Gasteiger partial charge in [-0.2, -0.15) is 0 Å². The number of anilines is 1. The van der Waals surface area contributed by atoms with E-state index in [1.165, 1.54) is 0 Å². The quantitative estimate of drug-likeness (QED) is 0.874. The normalized spacial score (nSPS) is 11.2.